The van der Waals surface area contributed by atoms with Crippen molar-refractivity contribution < 1.29 is 9.53 Å². The summed E-state index contributed by atoms with van der Waals surface area (Å²) in [6.45, 7) is 3.68. The van der Waals surface area contributed by atoms with Gasteiger partial charge < -0.3 is 15.4 Å². The van der Waals surface area contributed by atoms with E-state index < -0.39 is 0 Å². The number of ether oxygens (including phenoxy) is 1. The van der Waals surface area contributed by atoms with Gasteiger partial charge in [-0.3, -0.25) is 4.79 Å². The van der Waals surface area contributed by atoms with E-state index in [9.17, 15) is 4.79 Å². The van der Waals surface area contributed by atoms with E-state index in [1.807, 2.05) is 30.3 Å². The highest BCUT2D eigenvalue weighted by atomic mass is 16.5. The van der Waals surface area contributed by atoms with E-state index in [-0.39, 0.29) is 12.0 Å². The molecule has 2 N–H and O–H groups in total. The van der Waals surface area contributed by atoms with Crippen LogP contribution in [0.1, 0.15) is 36.0 Å². The Morgan fingerprint density at radius 3 is 2.67 bits per heavy atom. The van der Waals surface area contributed by atoms with Crippen LogP contribution in [0.3, 0.4) is 0 Å². The van der Waals surface area contributed by atoms with Crippen LogP contribution in [0, 0.1) is 5.41 Å². The fraction of sp³-hybridized carbons (Fsp3) is 0.588. The molecular formula is C17H24N2O2. The molecule has 0 radical (unpaired) electrons. The van der Waals surface area contributed by atoms with Gasteiger partial charge in [-0.1, -0.05) is 18.2 Å². The highest BCUT2D eigenvalue weighted by molar-refractivity contribution is 5.94. The van der Waals surface area contributed by atoms with Gasteiger partial charge in [0.2, 0.25) is 0 Å². The standard InChI is InChI=1S/C17H24N2O2/c20-16(14-4-2-1-3-5-14)19-12-15-6-7-17(13-21-15)8-10-18-11-9-17/h1-5,15,18H,6-13H2,(H,19,20). The number of piperidine rings is 1. The summed E-state index contributed by atoms with van der Waals surface area (Å²) in [5.41, 5.74) is 1.11. The fourth-order valence-electron chi connectivity index (χ4n) is 3.33. The number of hydrogen-bond acceptors (Lipinski definition) is 3. The maximum Gasteiger partial charge on any atom is 0.251 e. The maximum absolute atomic E-state index is 12.0. The summed E-state index contributed by atoms with van der Waals surface area (Å²) >= 11 is 0. The average molecular weight is 288 g/mol. The van der Waals surface area contributed by atoms with Gasteiger partial charge in [-0.25, -0.2) is 0 Å². The third-order valence-electron chi connectivity index (χ3n) is 4.81. The highest BCUT2D eigenvalue weighted by Gasteiger charge is 2.36. The summed E-state index contributed by atoms with van der Waals surface area (Å²) in [5, 5.41) is 6.40. The van der Waals surface area contributed by atoms with Gasteiger partial charge in [0.15, 0.2) is 0 Å². The summed E-state index contributed by atoms with van der Waals surface area (Å²) in [6.07, 6.45) is 4.88. The molecule has 0 aromatic heterocycles. The Labute approximate surface area is 126 Å². The molecule has 1 atom stereocenters. The number of benzene rings is 1. The second kappa shape index (κ2) is 6.58. The third-order valence-corrected chi connectivity index (χ3v) is 4.81. The lowest BCUT2D eigenvalue weighted by Crippen LogP contribution is -2.46. The Bertz CT molecular complexity index is 459. The molecule has 3 rings (SSSR count). The molecule has 4 nitrogen and oxygen atoms in total. The van der Waals surface area contributed by atoms with Gasteiger partial charge in [-0.05, 0) is 56.3 Å². The molecule has 0 saturated carbocycles. The summed E-state index contributed by atoms with van der Waals surface area (Å²) in [6, 6.07) is 9.35. The average Bonchev–Trinajstić information content (AvgIpc) is 2.56. The van der Waals surface area contributed by atoms with Crippen LogP contribution in [0.4, 0.5) is 0 Å². The summed E-state index contributed by atoms with van der Waals surface area (Å²) in [5.74, 6) is -0.0126. The SMILES string of the molecule is O=C(NCC1CCC2(CCNCC2)CO1)c1ccccc1. The van der Waals surface area contributed by atoms with Crippen molar-refractivity contribution in [3.8, 4) is 0 Å². The molecule has 2 fully saturated rings. The van der Waals surface area contributed by atoms with Crippen molar-refractivity contribution in [3.63, 3.8) is 0 Å². The van der Waals surface area contributed by atoms with Gasteiger partial charge in [0.05, 0.1) is 12.7 Å². The highest BCUT2D eigenvalue weighted by Crippen LogP contribution is 2.38. The monoisotopic (exact) mass is 288 g/mol. The fourth-order valence-corrected chi connectivity index (χ4v) is 3.33. The molecule has 4 heteroatoms. The van der Waals surface area contributed by atoms with Gasteiger partial charge >= 0.3 is 0 Å². The minimum absolute atomic E-state index is 0.0126. The van der Waals surface area contributed by atoms with E-state index >= 15 is 0 Å². The minimum Gasteiger partial charge on any atom is -0.376 e. The first-order chi connectivity index (χ1) is 10.3. The van der Waals surface area contributed by atoms with Crippen molar-refractivity contribution in [2.45, 2.75) is 31.8 Å². The summed E-state index contributed by atoms with van der Waals surface area (Å²) in [7, 11) is 0. The summed E-state index contributed by atoms with van der Waals surface area (Å²) in [4.78, 5) is 12.0. The Kier molecular flexibility index (Phi) is 4.56. The van der Waals surface area contributed by atoms with Gasteiger partial charge in [-0.15, -0.1) is 0 Å². The third kappa shape index (κ3) is 3.63. The molecule has 2 aliphatic heterocycles. The van der Waals surface area contributed by atoms with E-state index in [4.69, 9.17) is 4.74 Å². The number of nitrogens with one attached hydrogen (secondary N) is 2. The predicted octanol–water partition coefficient (Wildman–Crippen LogP) is 1.97. The largest absolute Gasteiger partial charge is 0.376 e. The zero-order valence-corrected chi connectivity index (χ0v) is 12.4. The quantitative estimate of drug-likeness (QED) is 0.894. The Morgan fingerprint density at radius 1 is 1.24 bits per heavy atom. The van der Waals surface area contributed by atoms with Crippen molar-refractivity contribution in [3.05, 3.63) is 35.9 Å². The molecule has 0 bridgehead atoms. The molecule has 1 spiro atoms. The van der Waals surface area contributed by atoms with E-state index in [1.165, 1.54) is 19.3 Å². The zero-order valence-electron chi connectivity index (χ0n) is 12.4. The molecule has 0 aliphatic carbocycles. The first-order valence-corrected chi connectivity index (χ1v) is 7.93. The molecule has 1 amide bonds. The van der Waals surface area contributed by atoms with Crippen molar-refractivity contribution >= 4 is 5.91 Å². The Hall–Kier alpha value is -1.39. The lowest BCUT2D eigenvalue weighted by atomic mass is 9.74. The molecule has 1 aromatic rings. The van der Waals surface area contributed by atoms with Gasteiger partial charge in [0.1, 0.15) is 0 Å². The van der Waals surface area contributed by atoms with Gasteiger partial charge in [-0.2, -0.15) is 0 Å². The number of rotatable bonds is 3. The lowest BCUT2D eigenvalue weighted by molar-refractivity contribution is -0.0721. The van der Waals surface area contributed by atoms with Gasteiger partial charge in [0.25, 0.3) is 5.91 Å². The Morgan fingerprint density at radius 2 is 2.00 bits per heavy atom. The van der Waals surface area contributed by atoms with E-state index in [1.54, 1.807) is 0 Å². The number of amides is 1. The van der Waals surface area contributed by atoms with Gasteiger partial charge in [0, 0.05) is 12.1 Å². The second-order valence-electron chi connectivity index (χ2n) is 6.30. The molecule has 2 heterocycles. The van der Waals surface area contributed by atoms with E-state index in [0.29, 0.717) is 17.5 Å². The van der Waals surface area contributed by atoms with Crippen LogP contribution in [0.5, 0.6) is 0 Å². The van der Waals surface area contributed by atoms with Crippen LogP contribution in [-0.2, 0) is 4.74 Å². The number of carbonyl (C=O) groups excluding carboxylic acids is 1. The van der Waals surface area contributed by atoms with Crippen LogP contribution >= 0.6 is 0 Å². The van der Waals surface area contributed by atoms with Crippen molar-refractivity contribution in [1.29, 1.82) is 0 Å². The van der Waals surface area contributed by atoms with Crippen LogP contribution < -0.4 is 10.6 Å². The normalized spacial score (nSPS) is 24.7. The topological polar surface area (TPSA) is 50.4 Å². The summed E-state index contributed by atoms with van der Waals surface area (Å²) < 4.78 is 6.02. The Balaban J connectivity index is 1.44. The molecule has 1 unspecified atom stereocenters. The van der Waals surface area contributed by atoms with E-state index in [0.717, 1.165) is 26.1 Å². The number of carbonyl (C=O) groups is 1. The van der Waals surface area contributed by atoms with Crippen LogP contribution in [0.25, 0.3) is 0 Å². The van der Waals surface area contributed by atoms with E-state index in [2.05, 4.69) is 10.6 Å². The lowest BCUT2D eigenvalue weighted by Gasteiger charge is -2.43. The smallest absolute Gasteiger partial charge is 0.251 e. The predicted molar refractivity (Wildman–Crippen MR) is 82.3 cm³/mol. The molecule has 21 heavy (non-hydrogen) atoms. The molecule has 1 aromatic carbocycles. The second-order valence-corrected chi connectivity index (χ2v) is 6.30. The molecule has 114 valence electrons. The number of hydrogen-bond donors (Lipinski definition) is 2. The van der Waals surface area contributed by atoms with Crippen LogP contribution in [0.15, 0.2) is 30.3 Å². The first kappa shape index (κ1) is 14.5. The molecule has 2 saturated heterocycles. The van der Waals surface area contributed by atoms with Crippen LogP contribution in [-0.4, -0.2) is 38.3 Å². The maximum atomic E-state index is 12.0. The van der Waals surface area contributed by atoms with Crippen LogP contribution in [0.2, 0.25) is 0 Å². The van der Waals surface area contributed by atoms with Crippen molar-refractivity contribution in [1.82, 2.24) is 10.6 Å². The van der Waals surface area contributed by atoms with Crippen molar-refractivity contribution in [2.24, 2.45) is 5.41 Å². The minimum atomic E-state index is -0.0126. The zero-order chi connectivity index (χ0) is 14.5. The molecule has 2 aliphatic rings. The van der Waals surface area contributed by atoms with Crippen molar-refractivity contribution in [2.75, 3.05) is 26.2 Å². The first-order valence-electron chi connectivity index (χ1n) is 7.93. The molecular weight excluding hydrogens is 264 g/mol.